The summed E-state index contributed by atoms with van der Waals surface area (Å²) in [6, 6.07) is 9.50. The van der Waals surface area contributed by atoms with Crippen LogP contribution in [0, 0.1) is 5.82 Å². The van der Waals surface area contributed by atoms with Crippen molar-refractivity contribution in [1.29, 1.82) is 0 Å². The molecule has 2 aliphatic heterocycles. The van der Waals surface area contributed by atoms with E-state index in [2.05, 4.69) is 4.57 Å². The molecule has 3 atom stereocenters. The highest BCUT2D eigenvalue weighted by atomic mass is 19.1. The number of benzene rings is 2. The van der Waals surface area contributed by atoms with Crippen LogP contribution >= 0.6 is 0 Å². The Kier molecular flexibility index (Phi) is 6.66. The number of hydrogen-bond acceptors (Lipinski definition) is 5. The fourth-order valence-corrected chi connectivity index (χ4v) is 5.53. The van der Waals surface area contributed by atoms with Gasteiger partial charge in [0, 0.05) is 24.6 Å². The van der Waals surface area contributed by atoms with Crippen molar-refractivity contribution in [1.82, 2.24) is 9.55 Å². The number of carbonyl (C=O) groups excluding carboxylic acids is 1. The number of carboxylic acids is 1. The Hall–Kier alpha value is -3.46. The van der Waals surface area contributed by atoms with Gasteiger partial charge in [0.15, 0.2) is 0 Å². The monoisotopic (exact) mass is 495 g/mol. The quantitative estimate of drug-likeness (QED) is 0.544. The summed E-state index contributed by atoms with van der Waals surface area (Å²) in [6.45, 7) is 3.22. The maximum absolute atomic E-state index is 13.5. The highest BCUT2D eigenvalue weighted by molar-refractivity contribution is 5.95. The number of anilines is 1. The van der Waals surface area contributed by atoms with Gasteiger partial charge in [-0.3, -0.25) is 9.69 Å². The molecule has 190 valence electrons. The minimum Gasteiger partial charge on any atom is -0.481 e. The summed E-state index contributed by atoms with van der Waals surface area (Å²) in [4.78, 5) is 31.5. The Morgan fingerprint density at radius 1 is 1.22 bits per heavy atom. The maximum Gasteiger partial charge on any atom is 0.414 e. The van der Waals surface area contributed by atoms with Crippen LogP contribution in [0.4, 0.5) is 14.9 Å². The highest BCUT2D eigenvalue weighted by Gasteiger charge is 2.33. The minimum atomic E-state index is -0.993. The third-order valence-corrected chi connectivity index (χ3v) is 7.36. The number of aromatic nitrogens is 2. The largest absolute Gasteiger partial charge is 0.481 e. The molecule has 0 aliphatic carbocycles. The van der Waals surface area contributed by atoms with Gasteiger partial charge in [-0.25, -0.2) is 14.2 Å². The number of aliphatic carboxylic acids is 1. The number of carbonyl (C=O) groups is 2. The zero-order valence-corrected chi connectivity index (χ0v) is 20.4. The standard InChI is InChI=1S/C27H30FN3O5/c1-16-5-10-20-22(30(16)27(34)35-2)11-12-23-25(20)29-24(31(23)19-4-3-13-36-15-19)14-21(26(32)33)17-6-8-18(28)9-7-17/h6-9,11-12,16,19,21H,3-5,10,13-15H2,1-2H3,(H,32,33). The molecule has 2 aliphatic rings. The topological polar surface area (TPSA) is 93.9 Å². The molecule has 3 aromatic rings. The SMILES string of the molecule is COC(=O)N1c2ccc3c(nc(CC(C(=O)O)c4ccc(F)cc4)n3C3CCCOC3)c2CCC1C. The summed E-state index contributed by atoms with van der Waals surface area (Å²) >= 11 is 0. The third kappa shape index (κ3) is 4.32. The van der Waals surface area contributed by atoms with Crippen molar-refractivity contribution in [3.05, 3.63) is 59.2 Å². The Labute approximate surface area is 208 Å². The van der Waals surface area contributed by atoms with Crippen LogP contribution in [-0.2, 0) is 27.1 Å². The van der Waals surface area contributed by atoms with Crippen LogP contribution in [-0.4, -0.2) is 53.1 Å². The second kappa shape index (κ2) is 9.89. The van der Waals surface area contributed by atoms with Gasteiger partial charge >= 0.3 is 12.1 Å². The van der Waals surface area contributed by atoms with Crippen LogP contribution in [0.2, 0.25) is 0 Å². The molecule has 5 rings (SSSR count). The van der Waals surface area contributed by atoms with Crippen molar-refractivity contribution in [3.63, 3.8) is 0 Å². The molecule has 1 aromatic heterocycles. The van der Waals surface area contributed by atoms with Crippen molar-refractivity contribution < 1.29 is 28.6 Å². The van der Waals surface area contributed by atoms with Gasteiger partial charge in [0.05, 0.1) is 42.4 Å². The van der Waals surface area contributed by atoms with Crippen molar-refractivity contribution in [3.8, 4) is 0 Å². The molecule has 2 aromatic carbocycles. The van der Waals surface area contributed by atoms with E-state index >= 15 is 0 Å². The second-order valence-electron chi connectivity index (χ2n) is 9.57. The van der Waals surface area contributed by atoms with Crippen LogP contribution in [0.1, 0.15) is 55.1 Å². The van der Waals surface area contributed by atoms with E-state index in [0.29, 0.717) is 24.6 Å². The first-order chi connectivity index (χ1) is 17.4. The Balaban J connectivity index is 1.64. The number of ether oxygens (including phenoxy) is 2. The van der Waals surface area contributed by atoms with Gasteiger partial charge in [0.1, 0.15) is 11.6 Å². The fraction of sp³-hybridized carbons (Fsp3) is 0.444. The van der Waals surface area contributed by atoms with E-state index in [9.17, 15) is 19.1 Å². The van der Waals surface area contributed by atoms with E-state index in [0.717, 1.165) is 48.0 Å². The van der Waals surface area contributed by atoms with Gasteiger partial charge in [0.2, 0.25) is 0 Å². The summed E-state index contributed by atoms with van der Waals surface area (Å²) in [5.41, 5.74) is 3.94. The van der Waals surface area contributed by atoms with E-state index in [1.807, 2.05) is 19.1 Å². The average Bonchev–Trinajstić information content (AvgIpc) is 3.26. The van der Waals surface area contributed by atoms with Gasteiger partial charge < -0.3 is 19.1 Å². The van der Waals surface area contributed by atoms with E-state index in [4.69, 9.17) is 14.5 Å². The predicted molar refractivity (Wildman–Crippen MR) is 132 cm³/mol. The number of hydrogen-bond donors (Lipinski definition) is 1. The van der Waals surface area contributed by atoms with Crippen molar-refractivity contribution in [2.75, 3.05) is 25.2 Å². The Morgan fingerprint density at radius 2 is 2.00 bits per heavy atom. The second-order valence-corrected chi connectivity index (χ2v) is 9.57. The number of fused-ring (bicyclic) bond motifs is 3. The maximum atomic E-state index is 13.5. The third-order valence-electron chi connectivity index (χ3n) is 7.36. The molecule has 0 spiro atoms. The summed E-state index contributed by atoms with van der Waals surface area (Å²) in [5.74, 6) is -1.64. The number of rotatable bonds is 5. The number of methoxy groups -OCH3 is 1. The van der Waals surface area contributed by atoms with E-state index in [-0.39, 0.29) is 18.5 Å². The first-order valence-electron chi connectivity index (χ1n) is 12.3. The number of aryl methyl sites for hydroxylation is 1. The minimum absolute atomic E-state index is 0.00873. The number of amides is 1. The van der Waals surface area contributed by atoms with Crippen molar-refractivity contribution in [2.24, 2.45) is 0 Å². The Bertz CT molecular complexity index is 1280. The van der Waals surface area contributed by atoms with Crippen molar-refractivity contribution >= 4 is 28.8 Å². The zero-order chi connectivity index (χ0) is 25.4. The van der Waals surface area contributed by atoms with Crippen LogP contribution in [0.3, 0.4) is 0 Å². The first-order valence-corrected chi connectivity index (χ1v) is 12.3. The number of carboxylic acid groups (broad SMARTS) is 1. The van der Waals surface area contributed by atoms with Gasteiger partial charge in [0.25, 0.3) is 0 Å². The van der Waals surface area contributed by atoms with Crippen LogP contribution in [0.25, 0.3) is 11.0 Å². The molecule has 3 heterocycles. The van der Waals surface area contributed by atoms with E-state index in [1.165, 1.54) is 31.4 Å². The molecule has 0 saturated carbocycles. The summed E-state index contributed by atoms with van der Waals surface area (Å²) in [6.07, 6.45) is 3.06. The zero-order valence-electron chi connectivity index (χ0n) is 20.4. The Morgan fingerprint density at radius 3 is 2.67 bits per heavy atom. The van der Waals surface area contributed by atoms with Crippen LogP contribution < -0.4 is 4.90 Å². The van der Waals surface area contributed by atoms with E-state index < -0.39 is 23.8 Å². The molecule has 3 unspecified atom stereocenters. The number of halogens is 1. The molecule has 9 heteroatoms. The lowest BCUT2D eigenvalue weighted by Crippen LogP contribution is -2.42. The number of nitrogens with zero attached hydrogens (tertiary/aromatic N) is 3. The molecular formula is C27H30FN3O5. The molecule has 1 N–H and O–H groups in total. The van der Waals surface area contributed by atoms with E-state index in [1.54, 1.807) is 4.90 Å². The fourth-order valence-electron chi connectivity index (χ4n) is 5.53. The molecule has 1 saturated heterocycles. The molecule has 0 bridgehead atoms. The lowest BCUT2D eigenvalue weighted by atomic mass is 9.95. The highest BCUT2D eigenvalue weighted by Crippen LogP contribution is 2.39. The summed E-state index contributed by atoms with van der Waals surface area (Å²) < 4.78 is 26.4. The molecule has 0 radical (unpaired) electrons. The molecule has 1 fully saturated rings. The van der Waals surface area contributed by atoms with Gasteiger partial charge in [-0.05, 0) is 62.4 Å². The lowest BCUT2D eigenvalue weighted by Gasteiger charge is -2.34. The average molecular weight is 496 g/mol. The van der Waals surface area contributed by atoms with Crippen LogP contribution in [0.15, 0.2) is 36.4 Å². The molecule has 36 heavy (non-hydrogen) atoms. The predicted octanol–water partition coefficient (Wildman–Crippen LogP) is 4.85. The smallest absolute Gasteiger partial charge is 0.414 e. The number of imidazole rings is 1. The first kappa shape index (κ1) is 24.2. The summed E-state index contributed by atoms with van der Waals surface area (Å²) in [5, 5.41) is 10.1. The summed E-state index contributed by atoms with van der Waals surface area (Å²) in [7, 11) is 1.37. The molecule has 8 nitrogen and oxygen atoms in total. The van der Waals surface area contributed by atoms with Gasteiger partial charge in [-0.15, -0.1) is 0 Å². The normalized spacial score (nSPS) is 20.7. The molecule has 1 amide bonds. The van der Waals surface area contributed by atoms with Gasteiger partial charge in [-0.1, -0.05) is 12.1 Å². The van der Waals surface area contributed by atoms with Crippen LogP contribution in [0.5, 0.6) is 0 Å². The lowest BCUT2D eigenvalue weighted by molar-refractivity contribution is -0.138. The molecular weight excluding hydrogens is 465 g/mol. The van der Waals surface area contributed by atoms with Gasteiger partial charge in [-0.2, -0.15) is 0 Å². The van der Waals surface area contributed by atoms with Crippen molar-refractivity contribution in [2.45, 2.75) is 57.0 Å².